The Morgan fingerprint density at radius 1 is 1.22 bits per heavy atom. The predicted molar refractivity (Wildman–Crippen MR) is 65.9 cm³/mol. The normalized spacial score (nSPS) is 11.4. The summed E-state index contributed by atoms with van der Waals surface area (Å²) in [5, 5.41) is 0. The third-order valence-corrected chi connectivity index (χ3v) is 4.03. The first-order chi connectivity index (χ1) is 8.49. The van der Waals surface area contributed by atoms with Gasteiger partial charge < -0.3 is 5.73 Å². The van der Waals surface area contributed by atoms with Crippen molar-refractivity contribution in [3.8, 4) is 0 Å². The van der Waals surface area contributed by atoms with Crippen LogP contribution in [-0.4, -0.2) is 13.4 Å². The molecule has 0 radical (unpaired) electrons. The Hall–Kier alpha value is -1.95. The second kappa shape index (κ2) is 4.73. The van der Waals surface area contributed by atoms with E-state index in [2.05, 4.69) is 4.98 Å². The molecule has 0 atom stereocenters. The molecule has 0 saturated heterocycles. The molecule has 0 aliphatic carbocycles. The second-order valence-corrected chi connectivity index (χ2v) is 5.73. The highest BCUT2D eigenvalue weighted by atomic mass is 32.2. The monoisotopic (exact) mass is 266 g/mol. The van der Waals surface area contributed by atoms with Gasteiger partial charge in [0, 0.05) is 11.9 Å². The van der Waals surface area contributed by atoms with Gasteiger partial charge in [-0.2, -0.15) is 0 Å². The molecule has 2 N–H and O–H groups in total. The van der Waals surface area contributed by atoms with E-state index in [9.17, 15) is 12.8 Å². The molecule has 0 amide bonds. The van der Waals surface area contributed by atoms with Gasteiger partial charge >= 0.3 is 0 Å². The summed E-state index contributed by atoms with van der Waals surface area (Å²) in [5.74, 6) is -1.18. The quantitative estimate of drug-likeness (QED) is 0.859. The van der Waals surface area contributed by atoms with Crippen LogP contribution in [0.15, 0.2) is 47.5 Å². The number of pyridine rings is 1. The van der Waals surface area contributed by atoms with Crippen molar-refractivity contribution >= 4 is 15.5 Å². The smallest absolute Gasteiger partial charge is 0.186 e. The van der Waals surface area contributed by atoms with E-state index >= 15 is 0 Å². The topological polar surface area (TPSA) is 73.1 Å². The Kier molecular flexibility index (Phi) is 3.29. The lowest BCUT2D eigenvalue weighted by Crippen LogP contribution is -2.08. The third kappa shape index (κ3) is 2.65. The van der Waals surface area contributed by atoms with Crippen LogP contribution < -0.4 is 5.73 Å². The zero-order valence-corrected chi connectivity index (χ0v) is 10.2. The molecule has 1 aromatic heterocycles. The maximum Gasteiger partial charge on any atom is 0.186 e. The van der Waals surface area contributed by atoms with Crippen LogP contribution in [0.25, 0.3) is 0 Å². The summed E-state index contributed by atoms with van der Waals surface area (Å²) in [4.78, 5) is 3.55. The minimum absolute atomic E-state index is 0.185. The minimum Gasteiger partial charge on any atom is -0.399 e. The molecule has 0 bridgehead atoms. The molecule has 0 spiro atoms. The van der Waals surface area contributed by atoms with Crippen LogP contribution in [0, 0.1) is 5.82 Å². The number of sulfone groups is 1. The van der Waals surface area contributed by atoms with Crippen LogP contribution >= 0.6 is 0 Å². The van der Waals surface area contributed by atoms with Crippen molar-refractivity contribution in [2.45, 2.75) is 10.6 Å². The van der Waals surface area contributed by atoms with Gasteiger partial charge in [0.2, 0.25) is 0 Å². The summed E-state index contributed by atoms with van der Waals surface area (Å²) >= 11 is 0. The fourth-order valence-corrected chi connectivity index (χ4v) is 2.87. The van der Waals surface area contributed by atoms with E-state index in [-0.39, 0.29) is 16.3 Å². The summed E-state index contributed by atoms with van der Waals surface area (Å²) < 4.78 is 37.6. The molecular formula is C12H11FN2O2S. The van der Waals surface area contributed by atoms with E-state index in [1.54, 1.807) is 18.2 Å². The van der Waals surface area contributed by atoms with E-state index in [0.717, 1.165) is 6.07 Å². The van der Waals surface area contributed by atoms with E-state index in [1.807, 2.05) is 0 Å². The molecule has 1 aromatic carbocycles. The lowest BCUT2D eigenvalue weighted by molar-refractivity contribution is 0.566. The van der Waals surface area contributed by atoms with E-state index in [1.165, 1.54) is 18.3 Å². The average Bonchev–Trinajstić information content (AvgIpc) is 2.29. The van der Waals surface area contributed by atoms with Crippen LogP contribution in [0.5, 0.6) is 0 Å². The zero-order chi connectivity index (χ0) is 13.2. The molecule has 0 fully saturated rings. The van der Waals surface area contributed by atoms with E-state index < -0.39 is 15.7 Å². The lowest BCUT2D eigenvalue weighted by atomic mass is 10.3. The van der Waals surface area contributed by atoms with Gasteiger partial charge in [0.15, 0.2) is 9.84 Å². The molecule has 1 heterocycles. The molecule has 94 valence electrons. The summed E-state index contributed by atoms with van der Waals surface area (Å²) in [5.41, 5.74) is 5.93. The van der Waals surface area contributed by atoms with Crippen LogP contribution in [-0.2, 0) is 15.6 Å². The highest BCUT2D eigenvalue weighted by Crippen LogP contribution is 2.20. The standard InChI is InChI=1S/C12H11FN2O2S/c13-11-7-9(14)4-5-12(11)18(16,17)8-10-3-1-2-6-15-10/h1-7H,8,14H2. The van der Waals surface area contributed by atoms with Gasteiger partial charge in [-0.15, -0.1) is 0 Å². The van der Waals surface area contributed by atoms with Crippen molar-refractivity contribution < 1.29 is 12.8 Å². The number of hydrogen-bond donors (Lipinski definition) is 1. The van der Waals surface area contributed by atoms with Crippen LogP contribution in [0.1, 0.15) is 5.69 Å². The van der Waals surface area contributed by atoms with Gasteiger partial charge in [0.05, 0.1) is 11.4 Å². The molecule has 0 unspecified atom stereocenters. The van der Waals surface area contributed by atoms with Crippen LogP contribution in [0.2, 0.25) is 0 Å². The van der Waals surface area contributed by atoms with Gasteiger partial charge in [0.1, 0.15) is 10.7 Å². The Bertz CT molecular complexity index is 657. The number of hydrogen-bond acceptors (Lipinski definition) is 4. The molecular weight excluding hydrogens is 255 g/mol. The summed E-state index contributed by atoms with van der Waals surface area (Å²) in [6.07, 6.45) is 1.49. The highest BCUT2D eigenvalue weighted by Gasteiger charge is 2.20. The zero-order valence-electron chi connectivity index (χ0n) is 9.38. The fourth-order valence-electron chi connectivity index (χ4n) is 1.53. The molecule has 0 saturated carbocycles. The average molecular weight is 266 g/mol. The predicted octanol–water partition coefficient (Wildman–Crippen LogP) is 1.78. The molecule has 2 rings (SSSR count). The lowest BCUT2D eigenvalue weighted by Gasteiger charge is -2.05. The molecule has 2 aromatic rings. The number of halogens is 1. The third-order valence-electron chi connectivity index (χ3n) is 2.36. The molecule has 0 aliphatic heterocycles. The van der Waals surface area contributed by atoms with Gasteiger partial charge in [-0.1, -0.05) is 6.07 Å². The molecule has 6 heteroatoms. The van der Waals surface area contributed by atoms with Crippen LogP contribution in [0.3, 0.4) is 0 Å². The van der Waals surface area contributed by atoms with Gasteiger partial charge in [0.25, 0.3) is 0 Å². The van der Waals surface area contributed by atoms with Crippen molar-refractivity contribution in [1.29, 1.82) is 0 Å². The summed E-state index contributed by atoms with van der Waals surface area (Å²) in [6.45, 7) is 0. The number of anilines is 1. The SMILES string of the molecule is Nc1ccc(S(=O)(=O)Cc2ccccn2)c(F)c1. The van der Waals surface area contributed by atoms with Crippen molar-refractivity contribution in [2.75, 3.05) is 5.73 Å². The van der Waals surface area contributed by atoms with Gasteiger partial charge in [-0.05, 0) is 30.3 Å². The Labute approximate surface area is 104 Å². The maximum atomic E-state index is 13.6. The van der Waals surface area contributed by atoms with Crippen molar-refractivity contribution in [2.24, 2.45) is 0 Å². The second-order valence-electron chi connectivity index (χ2n) is 3.77. The highest BCUT2D eigenvalue weighted by molar-refractivity contribution is 7.90. The summed E-state index contributed by atoms with van der Waals surface area (Å²) in [7, 11) is -3.75. The van der Waals surface area contributed by atoms with Crippen LogP contribution in [0.4, 0.5) is 10.1 Å². The van der Waals surface area contributed by atoms with Gasteiger partial charge in [-0.25, -0.2) is 12.8 Å². The Morgan fingerprint density at radius 3 is 2.61 bits per heavy atom. The number of nitrogen functional groups attached to an aromatic ring is 1. The number of nitrogens with two attached hydrogens (primary N) is 1. The Balaban J connectivity index is 2.37. The number of nitrogens with zero attached hydrogens (tertiary/aromatic N) is 1. The largest absolute Gasteiger partial charge is 0.399 e. The van der Waals surface area contributed by atoms with Crippen molar-refractivity contribution in [3.63, 3.8) is 0 Å². The minimum atomic E-state index is -3.75. The Morgan fingerprint density at radius 2 is 2.00 bits per heavy atom. The molecule has 18 heavy (non-hydrogen) atoms. The number of benzene rings is 1. The van der Waals surface area contributed by atoms with Gasteiger partial charge in [-0.3, -0.25) is 4.98 Å². The van der Waals surface area contributed by atoms with Crippen molar-refractivity contribution in [1.82, 2.24) is 4.98 Å². The van der Waals surface area contributed by atoms with E-state index in [0.29, 0.717) is 5.69 Å². The van der Waals surface area contributed by atoms with E-state index in [4.69, 9.17) is 5.73 Å². The number of rotatable bonds is 3. The first-order valence-electron chi connectivity index (χ1n) is 5.17. The molecule has 0 aliphatic rings. The summed E-state index contributed by atoms with van der Waals surface area (Å²) in [6, 6.07) is 8.45. The first kappa shape index (κ1) is 12.5. The fraction of sp³-hybridized carbons (Fsp3) is 0.0833. The van der Waals surface area contributed by atoms with Crippen molar-refractivity contribution in [3.05, 3.63) is 54.1 Å². The maximum absolute atomic E-state index is 13.6. The first-order valence-corrected chi connectivity index (χ1v) is 6.82. The number of aromatic nitrogens is 1. The molecule has 4 nitrogen and oxygen atoms in total.